The normalized spacial score (nSPS) is 26.6. The smallest absolute Gasteiger partial charge is 0.00103 e. The van der Waals surface area contributed by atoms with Crippen molar-refractivity contribution < 1.29 is 0 Å². The van der Waals surface area contributed by atoms with Crippen LogP contribution < -0.4 is 5.32 Å². The van der Waals surface area contributed by atoms with E-state index in [2.05, 4.69) is 37.9 Å². The van der Waals surface area contributed by atoms with Gasteiger partial charge in [0.05, 0.1) is 0 Å². The summed E-state index contributed by atoms with van der Waals surface area (Å²) in [7, 11) is 0. The Morgan fingerprint density at radius 1 is 1.12 bits per heavy atom. The summed E-state index contributed by atoms with van der Waals surface area (Å²) < 4.78 is 0. The Morgan fingerprint density at radius 2 is 1.88 bits per heavy atom. The molecular weight excluding hydrogens is 208 g/mol. The van der Waals surface area contributed by atoms with Gasteiger partial charge in [-0.1, -0.05) is 34.1 Å². The summed E-state index contributed by atoms with van der Waals surface area (Å²) in [6.45, 7) is 14.4. The van der Waals surface area contributed by atoms with Crippen LogP contribution in [-0.4, -0.2) is 37.1 Å². The third-order valence-corrected chi connectivity index (χ3v) is 4.12. The number of unbranched alkanes of at least 4 members (excludes halogenated alkanes) is 2. The van der Waals surface area contributed by atoms with E-state index in [1.807, 2.05) is 0 Å². The Bertz CT molecular complexity index is 191. The molecule has 0 saturated carbocycles. The fourth-order valence-electron chi connectivity index (χ4n) is 2.58. The molecule has 0 aliphatic carbocycles. The van der Waals surface area contributed by atoms with E-state index in [1.165, 1.54) is 51.9 Å². The SMILES string of the molecule is CC(C)NCCCCCN1CCC(C)C(C)C1. The number of rotatable bonds is 7. The third-order valence-electron chi connectivity index (χ3n) is 4.12. The first-order valence-electron chi connectivity index (χ1n) is 7.55. The molecular formula is C15H32N2. The van der Waals surface area contributed by atoms with Crippen molar-refractivity contribution in [1.29, 1.82) is 0 Å². The molecule has 17 heavy (non-hydrogen) atoms. The van der Waals surface area contributed by atoms with Gasteiger partial charge in [0.25, 0.3) is 0 Å². The molecule has 2 nitrogen and oxygen atoms in total. The predicted octanol–water partition coefficient (Wildman–Crippen LogP) is 3.13. The third kappa shape index (κ3) is 6.42. The topological polar surface area (TPSA) is 15.3 Å². The van der Waals surface area contributed by atoms with Crippen LogP contribution >= 0.6 is 0 Å². The molecule has 2 atom stereocenters. The molecule has 0 aromatic carbocycles. The molecule has 1 heterocycles. The zero-order valence-electron chi connectivity index (χ0n) is 12.3. The summed E-state index contributed by atoms with van der Waals surface area (Å²) >= 11 is 0. The van der Waals surface area contributed by atoms with Crippen LogP contribution in [0.15, 0.2) is 0 Å². The first-order valence-corrected chi connectivity index (χ1v) is 7.55. The van der Waals surface area contributed by atoms with E-state index in [0.29, 0.717) is 6.04 Å². The van der Waals surface area contributed by atoms with Crippen LogP contribution in [0.3, 0.4) is 0 Å². The van der Waals surface area contributed by atoms with E-state index in [-0.39, 0.29) is 0 Å². The molecule has 102 valence electrons. The van der Waals surface area contributed by atoms with Gasteiger partial charge in [-0.2, -0.15) is 0 Å². The molecule has 1 saturated heterocycles. The zero-order valence-corrected chi connectivity index (χ0v) is 12.3. The lowest BCUT2D eigenvalue weighted by Gasteiger charge is -2.35. The zero-order chi connectivity index (χ0) is 12.7. The minimum absolute atomic E-state index is 0.638. The van der Waals surface area contributed by atoms with Gasteiger partial charge in [-0.3, -0.25) is 0 Å². The monoisotopic (exact) mass is 240 g/mol. The number of hydrogen-bond acceptors (Lipinski definition) is 2. The summed E-state index contributed by atoms with van der Waals surface area (Å²) in [5.41, 5.74) is 0. The standard InChI is InChI=1S/C15H32N2/c1-13(2)16-9-6-5-7-10-17-11-8-14(3)15(4)12-17/h13-16H,5-12H2,1-4H3. The van der Waals surface area contributed by atoms with Crippen molar-refractivity contribution >= 4 is 0 Å². The molecule has 0 amide bonds. The Kier molecular flexibility index (Phi) is 7.14. The maximum absolute atomic E-state index is 3.48. The molecule has 1 aliphatic heterocycles. The van der Waals surface area contributed by atoms with Gasteiger partial charge in [0.15, 0.2) is 0 Å². The summed E-state index contributed by atoms with van der Waals surface area (Å²) in [6.07, 6.45) is 5.48. The molecule has 1 N–H and O–H groups in total. The second-order valence-corrected chi connectivity index (χ2v) is 6.21. The van der Waals surface area contributed by atoms with Gasteiger partial charge in [0.1, 0.15) is 0 Å². The highest BCUT2D eigenvalue weighted by Crippen LogP contribution is 2.22. The van der Waals surface area contributed by atoms with Crippen molar-refractivity contribution in [3.63, 3.8) is 0 Å². The minimum atomic E-state index is 0.638. The quantitative estimate of drug-likeness (QED) is 0.688. The average Bonchev–Trinajstić information content (AvgIpc) is 2.27. The van der Waals surface area contributed by atoms with Crippen LogP contribution in [0.4, 0.5) is 0 Å². The minimum Gasteiger partial charge on any atom is -0.315 e. The Hall–Kier alpha value is -0.0800. The highest BCUT2D eigenvalue weighted by atomic mass is 15.1. The fourth-order valence-corrected chi connectivity index (χ4v) is 2.58. The molecule has 2 unspecified atom stereocenters. The number of likely N-dealkylation sites (tertiary alicyclic amines) is 1. The maximum Gasteiger partial charge on any atom is 0.00103 e. The highest BCUT2D eigenvalue weighted by Gasteiger charge is 2.21. The lowest BCUT2D eigenvalue weighted by molar-refractivity contribution is 0.136. The van der Waals surface area contributed by atoms with Crippen molar-refractivity contribution in [2.45, 2.75) is 59.4 Å². The highest BCUT2D eigenvalue weighted by molar-refractivity contribution is 4.74. The first-order chi connectivity index (χ1) is 8.09. The number of hydrogen-bond donors (Lipinski definition) is 1. The van der Waals surface area contributed by atoms with Crippen LogP contribution in [0.1, 0.15) is 53.4 Å². The lowest BCUT2D eigenvalue weighted by Crippen LogP contribution is -2.38. The molecule has 2 heteroatoms. The van der Waals surface area contributed by atoms with Crippen molar-refractivity contribution in [1.82, 2.24) is 10.2 Å². The van der Waals surface area contributed by atoms with E-state index in [9.17, 15) is 0 Å². The molecule has 1 aliphatic rings. The molecule has 0 aromatic rings. The van der Waals surface area contributed by atoms with E-state index >= 15 is 0 Å². The summed E-state index contributed by atoms with van der Waals surface area (Å²) in [6, 6.07) is 0.638. The van der Waals surface area contributed by atoms with Crippen LogP contribution in [-0.2, 0) is 0 Å². The van der Waals surface area contributed by atoms with E-state index in [1.54, 1.807) is 0 Å². The maximum atomic E-state index is 3.48. The van der Waals surface area contributed by atoms with E-state index < -0.39 is 0 Å². The number of piperidine rings is 1. The van der Waals surface area contributed by atoms with Crippen LogP contribution in [0.25, 0.3) is 0 Å². The molecule has 0 radical (unpaired) electrons. The predicted molar refractivity (Wildman–Crippen MR) is 76.4 cm³/mol. The van der Waals surface area contributed by atoms with Gasteiger partial charge in [0.2, 0.25) is 0 Å². The van der Waals surface area contributed by atoms with Crippen LogP contribution in [0.2, 0.25) is 0 Å². The largest absolute Gasteiger partial charge is 0.315 e. The van der Waals surface area contributed by atoms with Gasteiger partial charge in [-0.15, -0.1) is 0 Å². The Morgan fingerprint density at radius 3 is 2.53 bits per heavy atom. The summed E-state index contributed by atoms with van der Waals surface area (Å²) in [4.78, 5) is 2.67. The molecule has 0 bridgehead atoms. The van der Waals surface area contributed by atoms with Crippen molar-refractivity contribution in [2.75, 3.05) is 26.2 Å². The van der Waals surface area contributed by atoms with Gasteiger partial charge in [-0.05, 0) is 50.7 Å². The Balaban J connectivity index is 1.96. The van der Waals surface area contributed by atoms with Crippen LogP contribution in [0, 0.1) is 11.8 Å². The average molecular weight is 240 g/mol. The second-order valence-electron chi connectivity index (χ2n) is 6.21. The molecule has 1 rings (SSSR count). The van der Waals surface area contributed by atoms with Gasteiger partial charge in [0, 0.05) is 12.6 Å². The van der Waals surface area contributed by atoms with Crippen molar-refractivity contribution in [2.24, 2.45) is 11.8 Å². The second kappa shape index (κ2) is 8.10. The lowest BCUT2D eigenvalue weighted by atomic mass is 9.88. The Labute approximate surface area is 108 Å². The number of nitrogens with zero attached hydrogens (tertiary/aromatic N) is 1. The number of nitrogens with one attached hydrogen (secondary N) is 1. The van der Waals surface area contributed by atoms with Gasteiger partial charge in [-0.25, -0.2) is 0 Å². The fraction of sp³-hybridized carbons (Fsp3) is 1.00. The summed E-state index contributed by atoms with van der Waals surface area (Å²) in [5.74, 6) is 1.83. The first kappa shape index (κ1) is 15.0. The van der Waals surface area contributed by atoms with Crippen LogP contribution in [0.5, 0.6) is 0 Å². The van der Waals surface area contributed by atoms with Crippen molar-refractivity contribution in [3.05, 3.63) is 0 Å². The molecule has 0 spiro atoms. The molecule has 0 aromatic heterocycles. The van der Waals surface area contributed by atoms with Gasteiger partial charge >= 0.3 is 0 Å². The van der Waals surface area contributed by atoms with Crippen molar-refractivity contribution in [3.8, 4) is 0 Å². The van der Waals surface area contributed by atoms with E-state index in [4.69, 9.17) is 0 Å². The molecule has 1 fully saturated rings. The summed E-state index contributed by atoms with van der Waals surface area (Å²) in [5, 5.41) is 3.48. The van der Waals surface area contributed by atoms with Gasteiger partial charge < -0.3 is 10.2 Å². The van der Waals surface area contributed by atoms with E-state index in [0.717, 1.165) is 11.8 Å².